The zero-order valence-corrected chi connectivity index (χ0v) is 17.4. The molecule has 1 aliphatic heterocycles. The van der Waals surface area contributed by atoms with Crippen molar-refractivity contribution in [2.75, 3.05) is 39.8 Å². The Morgan fingerprint density at radius 3 is 2.80 bits per heavy atom. The van der Waals surface area contributed by atoms with E-state index in [1.807, 2.05) is 7.05 Å². The zero-order chi connectivity index (χ0) is 18.2. The maximum Gasteiger partial charge on any atom is 0.191 e. The minimum atomic E-state index is 0.718. The first kappa shape index (κ1) is 20.2. The lowest BCUT2D eigenvalue weighted by atomic mass is 9.97. The smallest absolute Gasteiger partial charge is 0.191 e. The number of thiazole rings is 1. The molecule has 1 fully saturated rings. The van der Waals surface area contributed by atoms with Crippen LogP contribution in [0.5, 0.6) is 0 Å². The Labute approximate surface area is 157 Å². The summed E-state index contributed by atoms with van der Waals surface area (Å²) < 4.78 is 0. The number of rotatable bonds is 7. The number of guanidine groups is 1. The molecule has 0 radical (unpaired) electrons. The number of aliphatic imine (C=N–C) groups is 1. The largest absolute Gasteiger partial charge is 0.356 e. The lowest BCUT2D eigenvalue weighted by Gasteiger charge is -2.34. The fourth-order valence-corrected chi connectivity index (χ4v) is 4.33. The van der Waals surface area contributed by atoms with Crippen molar-refractivity contribution in [3.05, 3.63) is 15.6 Å². The van der Waals surface area contributed by atoms with Crippen LogP contribution in [0.3, 0.4) is 0 Å². The van der Waals surface area contributed by atoms with E-state index >= 15 is 0 Å². The van der Waals surface area contributed by atoms with Gasteiger partial charge in [-0.3, -0.25) is 4.99 Å². The van der Waals surface area contributed by atoms with Crippen molar-refractivity contribution in [1.29, 1.82) is 0 Å². The number of nitrogens with zero attached hydrogens (tertiary/aromatic N) is 3. The Bertz CT molecular complexity index is 533. The molecule has 0 spiro atoms. The molecule has 1 saturated heterocycles. The molecular formula is C19H35N5S. The summed E-state index contributed by atoms with van der Waals surface area (Å²) in [7, 11) is 1.85. The summed E-state index contributed by atoms with van der Waals surface area (Å²) >= 11 is 1.80. The normalized spacial score (nSPS) is 19.4. The molecule has 1 aliphatic rings. The summed E-state index contributed by atoms with van der Waals surface area (Å²) in [5, 5.41) is 8.14. The Hall–Kier alpha value is -1.14. The van der Waals surface area contributed by atoms with E-state index in [4.69, 9.17) is 0 Å². The van der Waals surface area contributed by atoms with E-state index in [0.717, 1.165) is 43.0 Å². The molecule has 2 rings (SSSR count). The monoisotopic (exact) mass is 365 g/mol. The predicted molar refractivity (Wildman–Crippen MR) is 109 cm³/mol. The average molecular weight is 366 g/mol. The van der Waals surface area contributed by atoms with Crippen molar-refractivity contribution in [3.63, 3.8) is 0 Å². The maximum absolute atomic E-state index is 4.60. The van der Waals surface area contributed by atoms with Gasteiger partial charge in [0.2, 0.25) is 0 Å². The highest BCUT2D eigenvalue weighted by Crippen LogP contribution is 2.17. The van der Waals surface area contributed by atoms with E-state index < -0.39 is 0 Å². The fourth-order valence-electron chi connectivity index (χ4n) is 3.40. The minimum Gasteiger partial charge on any atom is -0.356 e. The summed E-state index contributed by atoms with van der Waals surface area (Å²) in [4.78, 5) is 12.9. The van der Waals surface area contributed by atoms with Gasteiger partial charge in [0.05, 0.1) is 10.7 Å². The highest BCUT2D eigenvalue weighted by Gasteiger charge is 2.20. The van der Waals surface area contributed by atoms with Crippen molar-refractivity contribution >= 4 is 17.3 Å². The number of nitrogens with one attached hydrogen (secondary N) is 2. The summed E-state index contributed by atoms with van der Waals surface area (Å²) in [6.45, 7) is 14.4. The van der Waals surface area contributed by atoms with E-state index in [1.54, 1.807) is 11.3 Å². The Kier molecular flexibility index (Phi) is 8.16. The second-order valence-corrected chi connectivity index (χ2v) is 8.83. The van der Waals surface area contributed by atoms with Gasteiger partial charge >= 0.3 is 0 Å². The molecule has 1 aromatic heterocycles. The van der Waals surface area contributed by atoms with Crippen LogP contribution in [0.1, 0.15) is 42.3 Å². The van der Waals surface area contributed by atoms with Crippen LogP contribution in [0.2, 0.25) is 0 Å². The number of aromatic nitrogens is 1. The standard InChI is InChI=1S/C19H35N5S/c1-14(2)12-24-10-6-7-17(13-24)11-22-19(20-5)21-9-8-18-23-15(3)16(4)25-18/h14,17H,6-13H2,1-5H3,(H2,20,21,22). The van der Waals surface area contributed by atoms with Gasteiger partial charge in [-0.2, -0.15) is 0 Å². The third kappa shape index (κ3) is 6.94. The van der Waals surface area contributed by atoms with Crippen molar-refractivity contribution in [2.45, 2.75) is 47.0 Å². The minimum absolute atomic E-state index is 0.718. The summed E-state index contributed by atoms with van der Waals surface area (Å²) in [5.74, 6) is 2.38. The van der Waals surface area contributed by atoms with Gasteiger partial charge in [-0.25, -0.2) is 4.98 Å². The number of piperidine rings is 1. The molecule has 0 saturated carbocycles. The number of hydrogen-bond donors (Lipinski definition) is 2. The van der Waals surface area contributed by atoms with Gasteiger partial charge in [0.1, 0.15) is 0 Å². The number of hydrogen-bond acceptors (Lipinski definition) is 4. The van der Waals surface area contributed by atoms with E-state index in [1.165, 1.54) is 42.4 Å². The predicted octanol–water partition coefficient (Wildman–Crippen LogP) is 2.84. The Morgan fingerprint density at radius 1 is 1.36 bits per heavy atom. The lowest BCUT2D eigenvalue weighted by Crippen LogP contribution is -2.45. The average Bonchev–Trinajstić information content (AvgIpc) is 2.88. The molecule has 0 aromatic carbocycles. The van der Waals surface area contributed by atoms with Crippen LogP contribution >= 0.6 is 11.3 Å². The topological polar surface area (TPSA) is 52.6 Å². The van der Waals surface area contributed by atoms with Crippen LogP contribution in [0, 0.1) is 25.7 Å². The van der Waals surface area contributed by atoms with E-state index in [9.17, 15) is 0 Å². The van der Waals surface area contributed by atoms with Crippen LogP contribution in [-0.4, -0.2) is 55.6 Å². The van der Waals surface area contributed by atoms with Gasteiger partial charge in [-0.15, -0.1) is 11.3 Å². The molecule has 1 aromatic rings. The fraction of sp³-hybridized carbons (Fsp3) is 0.789. The quantitative estimate of drug-likeness (QED) is 0.576. The first-order valence-electron chi connectivity index (χ1n) is 9.57. The first-order chi connectivity index (χ1) is 12.0. The molecule has 6 heteroatoms. The van der Waals surface area contributed by atoms with Gasteiger partial charge in [0.25, 0.3) is 0 Å². The van der Waals surface area contributed by atoms with Crippen molar-refractivity contribution in [2.24, 2.45) is 16.8 Å². The molecule has 2 N–H and O–H groups in total. The molecule has 0 amide bonds. The Balaban J connectivity index is 1.69. The molecule has 0 bridgehead atoms. The molecule has 2 heterocycles. The van der Waals surface area contributed by atoms with Gasteiger partial charge in [0.15, 0.2) is 5.96 Å². The first-order valence-corrected chi connectivity index (χ1v) is 10.4. The number of likely N-dealkylation sites (tertiary alicyclic amines) is 1. The summed E-state index contributed by atoms with van der Waals surface area (Å²) in [5.41, 5.74) is 1.16. The van der Waals surface area contributed by atoms with Crippen LogP contribution in [0.25, 0.3) is 0 Å². The molecule has 0 aliphatic carbocycles. The zero-order valence-electron chi connectivity index (χ0n) is 16.6. The van der Waals surface area contributed by atoms with E-state index in [0.29, 0.717) is 0 Å². The van der Waals surface area contributed by atoms with Crippen LogP contribution < -0.4 is 10.6 Å². The van der Waals surface area contributed by atoms with Crippen LogP contribution in [-0.2, 0) is 6.42 Å². The van der Waals surface area contributed by atoms with Gasteiger partial charge in [0, 0.05) is 44.5 Å². The molecule has 25 heavy (non-hydrogen) atoms. The molecule has 1 unspecified atom stereocenters. The van der Waals surface area contributed by atoms with Crippen molar-refractivity contribution in [3.8, 4) is 0 Å². The second kappa shape index (κ2) is 10.1. The molecule has 142 valence electrons. The third-order valence-corrected chi connectivity index (χ3v) is 5.85. The van der Waals surface area contributed by atoms with E-state index in [-0.39, 0.29) is 0 Å². The third-order valence-electron chi connectivity index (χ3n) is 4.71. The van der Waals surface area contributed by atoms with Gasteiger partial charge < -0.3 is 15.5 Å². The highest BCUT2D eigenvalue weighted by molar-refractivity contribution is 7.11. The van der Waals surface area contributed by atoms with Crippen molar-refractivity contribution in [1.82, 2.24) is 20.5 Å². The highest BCUT2D eigenvalue weighted by atomic mass is 32.1. The number of aryl methyl sites for hydroxylation is 2. The Morgan fingerprint density at radius 2 is 2.16 bits per heavy atom. The van der Waals surface area contributed by atoms with Crippen LogP contribution in [0.4, 0.5) is 0 Å². The summed E-state index contributed by atoms with van der Waals surface area (Å²) in [6.07, 6.45) is 3.58. The van der Waals surface area contributed by atoms with Crippen molar-refractivity contribution < 1.29 is 0 Å². The van der Waals surface area contributed by atoms with Gasteiger partial charge in [-0.1, -0.05) is 13.8 Å². The lowest BCUT2D eigenvalue weighted by molar-refractivity contribution is 0.159. The van der Waals surface area contributed by atoms with E-state index in [2.05, 4.69) is 53.2 Å². The van der Waals surface area contributed by atoms with Crippen LogP contribution in [0.15, 0.2) is 4.99 Å². The van der Waals surface area contributed by atoms with Gasteiger partial charge in [-0.05, 0) is 45.1 Å². The SMILES string of the molecule is CN=C(NCCc1nc(C)c(C)s1)NCC1CCCN(CC(C)C)C1. The molecular weight excluding hydrogens is 330 g/mol. The summed E-state index contributed by atoms with van der Waals surface area (Å²) in [6, 6.07) is 0. The molecule has 1 atom stereocenters. The second-order valence-electron chi connectivity index (χ2n) is 7.54. The molecule has 5 nitrogen and oxygen atoms in total. The maximum atomic E-state index is 4.60.